The van der Waals surface area contributed by atoms with Crippen LogP contribution in [0.1, 0.15) is 50.7 Å². The van der Waals surface area contributed by atoms with Crippen LogP contribution in [0.5, 0.6) is 0 Å². The summed E-state index contributed by atoms with van der Waals surface area (Å²) >= 11 is 0. The number of halogens is 1. The number of fused-ring (bicyclic) bond motifs is 1. The summed E-state index contributed by atoms with van der Waals surface area (Å²) in [7, 11) is 0. The number of nitrogens with zero attached hydrogens (tertiary/aromatic N) is 2. The Morgan fingerprint density at radius 1 is 1.10 bits per heavy atom. The number of amides is 1. The highest BCUT2D eigenvalue weighted by molar-refractivity contribution is 5.89. The van der Waals surface area contributed by atoms with E-state index in [2.05, 4.69) is 34.2 Å². The molecule has 4 nitrogen and oxygen atoms in total. The maximum absolute atomic E-state index is 13.0. The van der Waals surface area contributed by atoms with Crippen molar-refractivity contribution < 1.29 is 9.18 Å². The maximum atomic E-state index is 13.0. The van der Waals surface area contributed by atoms with Gasteiger partial charge in [0.15, 0.2) is 0 Å². The third-order valence-corrected chi connectivity index (χ3v) is 6.73. The number of carbonyl (C=O) groups excluding carboxylic acids is 1. The number of hydrogen-bond donors (Lipinski definition) is 1. The third-order valence-electron chi connectivity index (χ3n) is 6.73. The average molecular weight is 424 g/mol. The van der Waals surface area contributed by atoms with Gasteiger partial charge in [0.25, 0.3) is 0 Å². The van der Waals surface area contributed by atoms with Gasteiger partial charge in [0, 0.05) is 43.5 Å². The van der Waals surface area contributed by atoms with E-state index in [1.165, 1.54) is 36.1 Å². The number of unbranched alkanes of at least 4 members (excludes halogenated alkanes) is 1. The van der Waals surface area contributed by atoms with Gasteiger partial charge in [-0.25, -0.2) is 4.39 Å². The first-order valence-electron chi connectivity index (χ1n) is 11.7. The third kappa shape index (κ3) is 5.45. The Kier molecular flexibility index (Phi) is 6.91. The van der Waals surface area contributed by atoms with Crippen LogP contribution >= 0.6 is 0 Å². The molecule has 2 aromatic carbocycles. The predicted octanol–water partition coefficient (Wildman–Crippen LogP) is 5.02. The van der Waals surface area contributed by atoms with E-state index < -0.39 is 0 Å². The van der Waals surface area contributed by atoms with Crippen LogP contribution in [0.4, 0.5) is 15.8 Å². The highest BCUT2D eigenvalue weighted by Crippen LogP contribution is 2.38. The molecular weight excluding hydrogens is 389 g/mol. The summed E-state index contributed by atoms with van der Waals surface area (Å²) in [5, 5.41) is 2.93. The van der Waals surface area contributed by atoms with E-state index >= 15 is 0 Å². The van der Waals surface area contributed by atoms with Gasteiger partial charge in [0.1, 0.15) is 5.82 Å². The molecule has 2 heterocycles. The van der Waals surface area contributed by atoms with Gasteiger partial charge in [0.2, 0.25) is 5.91 Å². The first-order chi connectivity index (χ1) is 15.0. The second kappa shape index (κ2) is 9.82. The van der Waals surface area contributed by atoms with Gasteiger partial charge in [-0.3, -0.25) is 4.79 Å². The molecule has 1 atom stereocenters. The van der Waals surface area contributed by atoms with Gasteiger partial charge >= 0.3 is 0 Å². The Morgan fingerprint density at radius 2 is 1.84 bits per heavy atom. The second-order valence-electron chi connectivity index (χ2n) is 9.14. The molecule has 4 rings (SSSR count). The van der Waals surface area contributed by atoms with Crippen molar-refractivity contribution in [3.63, 3.8) is 0 Å². The zero-order chi connectivity index (χ0) is 21.8. The van der Waals surface area contributed by atoms with Gasteiger partial charge in [0.05, 0.1) is 0 Å². The Hall–Kier alpha value is -2.40. The fourth-order valence-corrected chi connectivity index (χ4v) is 5.21. The summed E-state index contributed by atoms with van der Waals surface area (Å²) in [6.07, 6.45) is 6.81. The van der Waals surface area contributed by atoms with Crippen molar-refractivity contribution in [2.45, 2.75) is 64.5 Å². The summed E-state index contributed by atoms with van der Waals surface area (Å²) in [4.78, 5) is 16.7. The van der Waals surface area contributed by atoms with Crippen LogP contribution in [0.25, 0.3) is 0 Å². The zero-order valence-corrected chi connectivity index (χ0v) is 18.7. The Balaban J connectivity index is 1.26. The monoisotopic (exact) mass is 423 g/mol. The average Bonchev–Trinajstić information content (AvgIpc) is 3.07. The normalized spacial score (nSPS) is 19.5. The first kappa shape index (κ1) is 21.8. The van der Waals surface area contributed by atoms with Gasteiger partial charge in [-0.2, -0.15) is 0 Å². The van der Waals surface area contributed by atoms with E-state index in [4.69, 9.17) is 0 Å². The molecule has 5 heteroatoms. The number of likely N-dealkylation sites (tertiary alicyclic amines) is 1. The molecule has 0 aliphatic carbocycles. The quantitative estimate of drug-likeness (QED) is 0.635. The SMILES string of the molecule is CC(=O)Nc1ccc2c(c1)N(C1CCN(CCCCc3ccc(F)cc3)CC1)C(C)C2. The molecule has 0 aromatic heterocycles. The minimum atomic E-state index is -0.159. The van der Waals surface area contributed by atoms with Crippen molar-refractivity contribution >= 4 is 17.3 Å². The predicted molar refractivity (Wildman–Crippen MR) is 125 cm³/mol. The summed E-state index contributed by atoms with van der Waals surface area (Å²) in [6, 6.07) is 14.3. The van der Waals surface area contributed by atoms with Gasteiger partial charge in [-0.05, 0) is 87.4 Å². The highest BCUT2D eigenvalue weighted by atomic mass is 19.1. The van der Waals surface area contributed by atoms with Crippen molar-refractivity contribution in [1.29, 1.82) is 0 Å². The molecule has 31 heavy (non-hydrogen) atoms. The number of nitrogens with one attached hydrogen (secondary N) is 1. The van der Waals surface area contributed by atoms with Gasteiger partial charge in [-0.1, -0.05) is 18.2 Å². The van der Waals surface area contributed by atoms with E-state index in [9.17, 15) is 9.18 Å². The van der Waals surface area contributed by atoms with E-state index in [1.807, 2.05) is 18.2 Å². The number of rotatable bonds is 7. The highest BCUT2D eigenvalue weighted by Gasteiger charge is 2.33. The Bertz CT molecular complexity index is 890. The van der Waals surface area contributed by atoms with Crippen LogP contribution in [0.15, 0.2) is 42.5 Å². The van der Waals surface area contributed by atoms with Crippen molar-refractivity contribution in [1.82, 2.24) is 4.90 Å². The molecule has 1 N–H and O–H groups in total. The lowest BCUT2D eigenvalue weighted by atomic mass is 10.0. The van der Waals surface area contributed by atoms with E-state index in [1.54, 1.807) is 19.1 Å². The number of piperidine rings is 1. The van der Waals surface area contributed by atoms with Crippen molar-refractivity contribution in [3.8, 4) is 0 Å². The molecule has 2 aliphatic rings. The Labute approximate surface area is 185 Å². The van der Waals surface area contributed by atoms with Crippen LogP contribution in [-0.2, 0) is 17.6 Å². The standard InChI is InChI=1S/C26H34FN3O/c1-19-17-22-8-11-24(28-20(2)31)18-26(22)30(19)25-12-15-29(16-13-25)14-4-3-5-21-6-9-23(27)10-7-21/h6-11,18-19,25H,3-5,12-17H2,1-2H3,(H,28,31). The molecule has 2 aromatic rings. The van der Waals surface area contributed by atoms with Crippen LogP contribution in [-0.4, -0.2) is 42.5 Å². The smallest absolute Gasteiger partial charge is 0.221 e. The molecule has 2 aliphatic heterocycles. The number of benzene rings is 2. The molecular formula is C26H34FN3O. The fourth-order valence-electron chi connectivity index (χ4n) is 5.21. The molecule has 1 unspecified atom stereocenters. The van der Waals surface area contributed by atoms with Crippen molar-refractivity contribution in [2.24, 2.45) is 0 Å². The summed E-state index contributed by atoms with van der Waals surface area (Å²) in [5.74, 6) is -0.182. The second-order valence-corrected chi connectivity index (χ2v) is 9.14. The molecule has 0 radical (unpaired) electrons. The molecule has 1 amide bonds. The number of aryl methyl sites for hydroxylation is 1. The topological polar surface area (TPSA) is 35.6 Å². The maximum Gasteiger partial charge on any atom is 0.221 e. The lowest BCUT2D eigenvalue weighted by molar-refractivity contribution is -0.114. The molecule has 1 fully saturated rings. The van der Waals surface area contributed by atoms with Gasteiger partial charge in [-0.15, -0.1) is 0 Å². The Morgan fingerprint density at radius 3 is 2.55 bits per heavy atom. The number of hydrogen-bond acceptors (Lipinski definition) is 3. The van der Waals surface area contributed by atoms with Crippen molar-refractivity contribution in [3.05, 3.63) is 59.4 Å². The zero-order valence-electron chi connectivity index (χ0n) is 18.7. The number of carbonyl (C=O) groups is 1. The molecule has 166 valence electrons. The lowest BCUT2D eigenvalue weighted by Gasteiger charge is -2.40. The molecule has 0 saturated carbocycles. The minimum absolute atomic E-state index is 0.0229. The number of anilines is 2. The van der Waals surface area contributed by atoms with Crippen LogP contribution in [0.3, 0.4) is 0 Å². The van der Waals surface area contributed by atoms with Crippen molar-refractivity contribution in [2.75, 3.05) is 29.9 Å². The van der Waals surface area contributed by atoms with Crippen LogP contribution < -0.4 is 10.2 Å². The lowest BCUT2D eigenvalue weighted by Crippen LogP contribution is -2.47. The molecule has 0 bridgehead atoms. The van der Waals surface area contributed by atoms with E-state index in [0.717, 1.165) is 44.6 Å². The van der Waals surface area contributed by atoms with Crippen LogP contribution in [0, 0.1) is 5.82 Å². The van der Waals surface area contributed by atoms with Crippen LogP contribution in [0.2, 0.25) is 0 Å². The molecule has 1 saturated heterocycles. The summed E-state index contributed by atoms with van der Waals surface area (Å²) in [6.45, 7) is 7.31. The van der Waals surface area contributed by atoms with E-state index in [0.29, 0.717) is 12.1 Å². The largest absolute Gasteiger partial charge is 0.365 e. The minimum Gasteiger partial charge on any atom is -0.365 e. The molecule has 0 spiro atoms. The summed E-state index contributed by atoms with van der Waals surface area (Å²) in [5.41, 5.74) is 4.81. The van der Waals surface area contributed by atoms with E-state index in [-0.39, 0.29) is 11.7 Å². The van der Waals surface area contributed by atoms with Gasteiger partial charge < -0.3 is 15.1 Å². The summed E-state index contributed by atoms with van der Waals surface area (Å²) < 4.78 is 13.0. The first-order valence-corrected chi connectivity index (χ1v) is 11.7. The fraction of sp³-hybridized carbons (Fsp3) is 0.500.